The predicted molar refractivity (Wildman–Crippen MR) is 74.5 cm³/mol. The molecule has 1 aromatic rings. The number of aryl methyl sites for hydroxylation is 1. The highest BCUT2D eigenvalue weighted by Gasteiger charge is 2.21. The minimum Gasteiger partial charge on any atom is -0.198 e. The van der Waals surface area contributed by atoms with Crippen LogP contribution in [0.5, 0.6) is 0 Å². The second-order valence-corrected chi connectivity index (χ2v) is 6.24. The van der Waals surface area contributed by atoms with Gasteiger partial charge in [0.25, 0.3) is 10.2 Å². The maximum atomic E-state index is 12.0. The van der Waals surface area contributed by atoms with Gasteiger partial charge in [-0.2, -0.15) is 22.7 Å². The van der Waals surface area contributed by atoms with E-state index < -0.39 is 10.2 Å². The molecule has 1 aromatic carbocycles. The average molecular weight is 281 g/mol. The first kappa shape index (κ1) is 15.6. The first-order chi connectivity index (χ1) is 8.88. The molecule has 6 heteroatoms. The van der Waals surface area contributed by atoms with Gasteiger partial charge >= 0.3 is 0 Å². The number of nitrogens with zero attached hydrogens (tertiary/aromatic N) is 2. The molecule has 1 N–H and O–H groups in total. The second kappa shape index (κ2) is 6.66. The molecule has 0 aliphatic rings. The van der Waals surface area contributed by atoms with Gasteiger partial charge in [0.1, 0.15) is 0 Å². The van der Waals surface area contributed by atoms with Crippen LogP contribution in [0.25, 0.3) is 0 Å². The van der Waals surface area contributed by atoms with Crippen LogP contribution in [0.4, 0.5) is 0 Å². The summed E-state index contributed by atoms with van der Waals surface area (Å²) in [6, 6.07) is 9.26. The van der Waals surface area contributed by atoms with Crippen molar-refractivity contribution in [2.75, 3.05) is 13.6 Å². The highest BCUT2D eigenvalue weighted by molar-refractivity contribution is 7.87. The fourth-order valence-corrected chi connectivity index (χ4v) is 2.86. The molecule has 0 aliphatic carbocycles. The molecular formula is C13H19N3O2S. The summed E-state index contributed by atoms with van der Waals surface area (Å²) in [5, 5.41) is 8.49. The SMILES string of the molecule is Cc1ccccc1C(C)NS(=O)(=O)N(C)CCC#N. The van der Waals surface area contributed by atoms with Gasteiger partial charge in [0.05, 0.1) is 6.07 Å². The summed E-state index contributed by atoms with van der Waals surface area (Å²) >= 11 is 0. The molecule has 1 unspecified atom stereocenters. The Labute approximate surface area is 115 Å². The van der Waals surface area contributed by atoms with Gasteiger partial charge in [-0.3, -0.25) is 0 Å². The van der Waals surface area contributed by atoms with E-state index in [1.54, 1.807) is 6.92 Å². The Morgan fingerprint density at radius 2 is 2.05 bits per heavy atom. The molecule has 1 atom stereocenters. The summed E-state index contributed by atoms with van der Waals surface area (Å²) < 4.78 is 27.8. The lowest BCUT2D eigenvalue weighted by atomic mass is 10.0. The van der Waals surface area contributed by atoms with Gasteiger partial charge in [-0.15, -0.1) is 0 Å². The zero-order chi connectivity index (χ0) is 14.5. The van der Waals surface area contributed by atoms with Crippen LogP contribution in [-0.2, 0) is 10.2 Å². The Kier molecular flexibility index (Phi) is 5.48. The van der Waals surface area contributed by atoms with Crippen LogP contribution >= 0.6 is 0 Å². The van der Waals surface area contributed by atoms with Crippen LogP contribution < -0.4 is 4.72 Å². The lowest BCUT2D eigenvalue weighted by Gasteiger charge is -2.21. The maximum absolute atomic E-state index is 12.0. The Morgan fingerprint density at radius 1 is 1.42 bits per heavy atom. The molecule has 0 heterocycles. The largest absolute Gasteiger partial charge is 0.279 e. The molecule has 0 aliphatic heterocycles. The van der Waals surface area contributed by atoms with Crippen molar-refractivity contribution in [3.8, 4) is 6.07 Å². The molecule has 0 amide bonds. The molecule has 1 rings (SSSR count). The van der Waals surface area contributed by atoms with Gasteiger partial charge in [0.2, 0.25) is 0 Å². The van der Waals surface area contributed by atoms with Crippen molar-refractivity contribution in [3.63, 3.8) is 0 Å². The third-order valence-corrected chi connectivity index (χ3v) is 4.58. The normalized spacial score (nSPS) is 13.2. The quantitative estimate of drug-likeness (QED) is 0.863. The minimum atomic E-state index is -3.56. The van der Waals surface area contributed by atoms with E-state index in [1.807, 2.05) is 37.3 Å². The summed E-state index contributed by atoms with van der Waals surface area (Å²) in [4.78, 5) is 0. The van der Waals surface area contributed by atoms with Crippen molar-refractivity contribution in [1.82, 2.24) is 9.03 Å². The molecule has 0 spiro atoms. The Bertz CT molecular complexity index is 563. The highest BCUT2D eigenvalue weighted by Crippen LogP contribution is 2.18. The third kappa shape index (κ3) is 4.31. The average Bonchev–Trinajstić information content (AvgIpc) is 2.35. The molecule has 19 heavy (non-hydrogen) atoms. The number of hydrogen-bond acceptors (Lipinski definition) is 3. The molecule has 0 aromatic heterocycles. The molecular weight excluding hydrogens is 262 g/mol. The van der Waals surface area contributed by atoms with Gasteiger partial charge < -0.3 is 0 Å². The summed E-state index contributed by atoms with van der Waals surface area (Å²) in [5.41, 5.74) is 1.98. The lowest BCUT2D eigenvalue weighted by molar-refractivity contribution is 0.456. The summed E-state index contributed by atoms with van der Waals surface area (Å²) in [6.45, 7) is 3.93. The molecule has 104 valence electrons. The van der Waals surface area contributed by atoms with Gasteiger partial charge in [0.15, 0.2) is 0 Å². The van der Waals surface area contributed by atoms with E-state index in [9.17, 15) is 8.42 Å². The van der Waals surface area contributed by atoms with Crippen LogP contribution in [0.1, 0.15) is 30.5 Å². The van der Waals surface area contributed by atoms with Crippen molar-refractivity contribution >= 4 is 10.2 Å². The van der Waals surface area contributed by atoms with Crippen LogP contribution in [-0.4, -0.2) is 26.3 Å². The second-order valence-electron chi connectivity index (χ2n) is 4.43. The third-order valence-electron chi connectivity index (χ3n) is 2.93. The van der Waals surface area contributed by atoms with Crippen molar-refractivity contribution < 1.29 is 8.42 Å². The smallest absolute Gasteiger partial charge is 0.198 e. The molecule has 0 fully saturated rings. The van der Waals surface area contributed by atoms with E-state index in [2.05, 4.69) is 4.72 Å². The minimum absolute atomic E-state index is 0.177. The predicted octanol–water partition coefficient (Wildman–Crippen LogP) is 1.74. The maximum Gasteiger partial charge on any atom is 0.279 e. The van der Waals surface area contributed by atoms with Gasteiger partial charge in [-0.1, -0.05) is 24.3 Å². The molecule has 0 saturated carbocycles. The Morgan fingerprint density at radius 3 is 2.63 bits per heavy atom. The van der Waals surface area contributed by atoms with Crippen LogP contribution in [0, 0.1) is 18.3 Å². The van der Waals surface area contributed by atoms with Crippen LogP contribution in [0.15, 0.2) is 24.3 Å². The zero-order valence-electron chi connectivity index (χ0n) is 11.4. The van der Waals surface area contributed by atoms with E-state index in [0.29, 0.717) is 0 Å². The molecule has 0 radical (unpaired) electrons. The molecule has 5 nitrogen and oxygen atoms in total. The van der Waals surface area contributed by atoms with E-state index in [-0.39, 0.29) is 19.0 Å². The molecule has 0 bridgehead atoms. The first-order valence-electron chi connectivity index (χ1n) is 6.04. The van der Waals surface area contributed by atoms with E-state index in [4.69, 9.17) is 5.26 Å². The van der Waals surface area contributed by atoms with Crippen molar-refractivity contribution in [3.05, 3.63) is 35.4 Å². The van der Waals surface area contributed by atoms with Gasteiger partial charge in [-0.05, 0) is 25.0 Å². The van der Waals surface area contributed by atoms with Crippen molar-refractivity contribution in [1.29, 1.82) is 5.26 Å². The van der Waals surface area contributed by atoms with E-state index in [1.165, 1.54) is 7.05 Å². The Balaban J connectivity index is 2.79. The topological polar surface area (TPSA) is 73.2 Å². The van der Waals surface area contributed by atoms with Crippen molar-refractivity contribution in [2.24, 2.45) is 0 Å². The fraction of sp³-hybridized carbons (Fsp3) is 0.462. The zero-order valence-corrected chi connectivity index (χ0v) is 12.2. The number of benzene rings is 1. The monoisotopic (exact) mass is 281 g/mol. The summed E-state index contributed by atoms with van der Waals surface area (Å²) in [6.07, 6.45) is 0.177. The Hall–Kier alpha value is -1.42. The van der Waals surface area contributed by atoms with Gasteiger partial charge in [0, 0.05) is 26.1 Å². The van der Waals surface area contributed by atoms with Crippen LogP contribution in [0.3, 0.4) is 0 Å². The summed E-state index contributed by atoms with van der Waals surface area (Å²) in [7, 11) is -2.10. The number of nitrogens with one attached hydrogen (secondary N) is 1. The first-order valence-corrected chi connectivity index (χ1v) is 7.48. The van der Waals surface area contributed by atoms with E-state index >= 15 is 0 Å². The lowest BCUT2D eigenvalue weighted by Crippen LogP contribution is -2.40. The van der Waals surface area contributed by atoms with Crippen LogP contribution in [0.2, 0.25) is 0 Å². The molecule has 0 saturated heterocycles. The highest BCUT2D eigenvalue weighted by atomic mass is 32.2. The number of nitriles is 1. The van der Waals surface area contributed by atoms with Crippen molar-refractivity contribution in [2.45, 2.75) is 26.3 Å². The number of rotatable bonds is 6. The number of hydrogen-bond donors (Lipinski definition) is 1. The van der Waals surface area contributed by atoms with Gasteiger partial charge in [-0.25, -0.2) is 0 Å². The van der Waals surface area contributed by atoms with E-state index in [0.717, 1.165) is 15.4 Å². The summed E-state index contributed by atoms with van der Waals surface area (Å²) in [5.74, 6) is 0. The fourth-order valence-electron chi connectivity index (χ4n) is 1.78. The standard InChI is InChI=1S/C13H19N3O2S/c1-11-7-4-5-8-13(11)12(2)15-19(17,18)16(3)10-6-9-14/h4-5,7-8,12,15H,6,10H2,1-3H3.